The van der Waals surface area contributed by atoms with Crippen LogP contribution in [0, 0.1) is 5.92 Å². The first-order valence-electron chi connectivity index (χ1n) is 9.58. The summed E-state index contributed by atoms with van der Waals surface area (Å²) >= 11 is 0. The second-order valence-electron chi connectivity index (χ2n) is 7.65. The highest BCUT2D eigenvalue weighted by molar-refractivity contribution is 5.78. The van der Waals surface area contributed by atoms with Crippen LogP contribution < -0.4 is 5.32 Å². The molecule has 4 heteroatoms. The highest BCUT2D eigenvalue weighted by Gasteiger charge is 2.19. The standard InChI is InChI=1S/C21H32N4/c1-17(20-9-8-19-6-4-5-7-21(19)23-20)22-16-18-10-12-25(13-11-18)15-14-24(2)3/h4-9,17-18,22H,10-16H2,1-3H3. The quantitative estimate of drug-likeness (QED) is 0.839. The highest BCUT2D eigenvalue weighted by Crippen LogP contribution is 2.19. The Balaban J connectivity index is 1.45. The van der Waals surface area contributed by atoms with Crippen LogP contribution in [0.1, 0.15) is 31.5 Å². The smallest absolute Gasteiger partial charge is 0.0706 e. The number of aromatic nitrogens is 1. The van der Waals surface area contributed by atoms with E-state index in [0.29, 0.717) is 6.04 Å². The number of benzene rings is 1. The maximum Gasteiger partial charge on any atom is 0.0706 e. The fourth-order valence-electron chi connectivity index (χ4n) is 3.53. The van der Waals surface area contributed by atoms with E-state index in [-0.39, 0.29) is 0 Å². The lowest BCUT2D eigenvalue weighted by atomic mass is 9.96. The Kier molecular flexibility index (Phi) is 6.40. The Morgan fingerprint density at radius 3 is 2.68 bits per heavy atom. The van der Waals surface area contributed by atoms with Gasteiger partial charge in [-0.25, -0.2) is 0 Å². The van der Waals surface area contributed by atoms with E-state index in [9.17, 15) is 0 Å². The Hall–Kier alpha value is -1.49. The topological polar surface area (TPSA) is 31.4 Å². The number of pyridine rings is 1. The second kappa shape index (κ2) is 8.75. The van der Waals surface area contributed by atoms with E-state index in [2.05, 4.69) is 72.5 Å². The molecule has 25 heavy (non-hydrogen) atoms. The van der Waals surface area contributed by atoms with Gasteiger partial charge in [0.15, 0.2) is 0 Å². The lowest BCUT2D eigenvalue weighted by molar-refractivity contribution is 0.167. The molecule has 1 aromatic carbocycles. The van der Waals surface area contributed by atoms with Gasteiger partial charge in [0.1, 0.15) is 0 Å². The van der Waals surface area contributed by atoms with Crippen molar-refractivity contribution in [3.8, 4) is 0 Å². The molecule has 1 unspecified atom stereocenters. The van der Waals surface area contributed by atoms with Gasteiger partial charge in [-0.15, -0.1) is 0 Å². The predicted molar refractivity (Wildman–Crippen MR) is 106 cm³/mol. The molecule has 136 valence electrons. The van der Waals surface area contributed by atoms with Crippen LogP contribution in [-0.4, -0.2) is 61.6 Å². The maximum atomic E-state index is 4.82. The molecule has 0 saturated carbocycles. The molecular weight excluding hydrogens is 308 g/mol. The second-order valence-corrected chi connectivity index (χ2v) is 7.65. The first-order valence-corrected chi connectivity index (χ1v) is 9.58. The number of nitrogens with one attached hydrogen (secondary N) is 1. The zero-order chi connectivity index (χ0) is 17.6. The van der Waals surface area contributed by atoms with Gasteiger partial charge in [-0.1, -0.05) is 24.3 Å². The zero-order valence-corrected chi connectivity index (χ0v) is 15.9. The van der Waals surface area contributed by atoms with Crippen molar-refractivity contribution in [3.05, 3.63) is 42.1 Å². The van der Waals surface area contributed by atoms with Crippen molar-refractivity contribution in [2.24, 2.45) is 5.92 Å². The SMILES string of the molecule is CC(NCC1CCN(CCN(C)C)CC1)c1ccc2ccccc2n1. The summed E-state index contributed by atoms with van der Waals surface area (Å²) in [6.07, 6.45) is 2.61. The molecule has 1 N–H and O–H groups in total. The molecule has 0 aliphatic carbocycles. The largest absolute Gasteiger partial charge is 0.309 e. The van der Waals surface area contributed by atoms with Crippen molar-refractivity contribution in [2.45, 2.75) is 25.8 Å². The summed E-state index contributed by atoms with van der Waals surface area (Å²) in [5, 5.41) is 4.92. The van der Waals surface area contributed by atoms with E-state index in [1.807, 2.05) is 0 Å². The fourth-order valence-corrected chi connectivity index (χ4v) is 3.53. The molecule has 2 aromatic rings. The van der Waals surface area contributed by atoms with Crippen LogP contribution in [0.4, 0.5) is 0 Å². The van der Waals surface area contributed by atoms with E-state index < -0.39 is 0 Å². The molecule has 1 atom stereocenters. The number of piperidine rings is 1. The number of nitrogens with zero attached hydrogens (tertiary/aromatic N) is 3. The highest BCUT2D eigenvalue weighted by atomic mass is 15.2. The van der Waals surface area contributed by atoms with Crippen molar-refractivity contribution < 1.29 is 0 Å². The minimum Gasteiger partial charge on any atom is -0.309 e. The van der Waals surface area contributed by atoms with Gasteiger partial charge >= 0.3 is 0 Å². The van der Waals surface area contributed by atoms with Crippen LogP contribution in [0.15, 0.2) is 36.4 Å². The first-order chi connectivity index (χ1) is 12.1. The number of rotatable bonds is 7. The molecule has 1 saturated heterocycles. The third kappa shape index (κ3) is 5.24. The van der Waals surface area contributed by atoms with Crippen molar-refractivity contribution in [1.29, 1.82) is 0 Å². The predicted octanol–water partition coefficient (Wildman–Crippen LogP) is 3.16. The third-order valence-electron chi connectivity index (χ3n) is 5.35. The summed E-state index contributed by atoms with van der Waals surface area (Å²) in [7, 11) is 4.30. The van der Waals surface area contributed by atoms with Crippen molar-refractivity contribution in [1.82, 2.24) is 20.1 Å². The van der Waals surface area contributed by atoms with Crippen LogP contribution in [0.5, 0.6) is 0 Å². The monoisotopic (exact) mass is 340 g/mol. The van der Waals surface area contributed by atoms with Crippen LogP contribution in [0.3, 0.4) is 0 Å². The van der Waals surface area contributed by atoms with Gasteiger partial charge in [0.05, 0.1) is 11.2 Å². The minimum absolute atomic E-state index is 0.302. The van der Waals surface area contributed by atoms with E-state index in [0.717, 1.165) is 30.2 Å². The van der Waals surface area contributed by atoms with Gasteiger partial charge in [0, 0.05) is 24.5 Å². The summed E-state index contributed by atoms with van der Waals surface area (Å²) < 4.78 is 0. The van der Waals surface area contributed by atoms with Gasteiger partial charge in [0.25, 0.3) is 0 Å². The lowest BCUT2D eigenvalue weighted by Crippen LogP contribution is -2.40. The Bertz CT molecular complexity index is 662. The molecule has 1 aliphatic rings. The Labute approximate surface area is 152 Å². The molecule has 0 radical (unpaired) electrons. The van der Waals surface area contributed by atoms with Gasteiger partial charge in [-0.2, -0.15) is 0 Å². The molecule has 0 amide bonds. The van der Waals surface area contributed by atoms with E-state index in [1.54, 1.807) is 0 Å². The van der Waals surface area contributed by atoms with Crippen LogP contribution in [-0.2, 0) is 0 Å². The summed E-state index contributed by atoms with van der Waals surface area (Å²) in [5.41, 5.74) is 2.23. The Morgan fingerprint density at radius 1 is 1.16 bits per heavy atom. The van der Waals surface area contributed by atoms with E-state index in [4.69, 9.17) is 4.98 Å². The zero-order valence-electron chi connectivity index (χ0n) is 15.9. The summed E-state index contributed by atoms with van der Waals surface area (Å²) in [6.45, 7) is 8.16. The first kappa shape index (κ1) is 18.3. The number of para-hydroxylation sites is 1. The van der Waals surface area contributed by atoms with Gasteiger partial charge in [-0.3, -0.25) is 4.98 Å². The van der Waals surface area contributed by atoms with Crippen LogP contribution >= 0.6 is 0 Å². The maximum absolute atomic E-state index is 4.82. The summed E-state index contributed by atoms with van der Waals surface area (Å²) in [6, 6.07) is 13.0. The number of hydrogen-bond acceptors (Lipinski definition) is 4. The molecule has 1 fully saturated rings. The Morgan fingerprint density at radius 2 is 1.92 bits per heavy atom. The lowest BCUT2D eigenvalue weighted by Gasteiger charge is -2.33. The number of likely N-dealkylation sites (tertiary alicyclic amines) is 1. The summed E-state index contributed by atoms with van der Waals surface area (Å²) in [5.74, 6) is 0.790. The summed E-state index contributed by atoms with van der Waals surface area (Å²) in [4.78, 5) is 9.69. The number of likely N-dealkylation sites (N-methyl/N-ethyl adjacent to an activating group) is 1. The molecule has 0 bridgehead atoms. The van der Waals surface area contributed by atoms with Crippen LogP contribution in [0.2, 0.25) is 0 Å². The van der Waals surface area contributed by atoms with E-state index in [1.165, 1.54) is 37.9 Å². The van der Waals surface area contributed by atoms with Crippen molar-refractivity contribution >= 4 is 10.9 Å². The molecule has 1 aliphatic heterocycles. The van der Waals surface area contributed by atoms with Crippen molar-refractivity contribution in [3.63, 3.8) is 0 Å². The number of hydrogen-bond donors (Lipinski definition) is 1. The molecular formula is C21H32N4. The average Bonchev–Trinajstić information content (AvgIpc) is 2.64. The van der Waals surface area contributed by atoms with Gasteiger partial charge in [0.2, 0.25) is 0 Å². The third-order valence-corrected chi connectivity index (χ3v) is 5.35. The molecule has 0 spiro atoms. The normalized spacial score (nSPS) is 18.1. The molecule has 3 rings (SSSR count). The van der Waals surface area contributed by atoms with E-state index >= 15 is 0 Å². The fraction of sp³-hybridized carbons (Fsp3) is 0.571. The van der Waals surface area contributed by atoms with Crippen molar-refractivity contribution in [2.75, 3.05) is 46.8 Å². The van der Waals surface area contributed by atoms with Crippen LogP contribution in [0.25, 0.3) is 10.9 Å². The number of fused-ring (bicyclic) bond motifs is 1. The molecule has 4 nitrogen and oxygen atoms in total. The van der Waals surface area contributed by atoms with Gasteiger partial charge in [-0.05, 0) is 71.5 Å². The molecule has 1 aromatic heterocycles. The average molecular weight is 341 g/mol. The van der Waals surface area contributed by atoms with Gasteiger partial charge < -0.3 is 15.1 Å². The molecule has 2 heterocycles. The minimum atomic E-state index is 0.302.